The second-order valence-corrected chi connectivity index (χ2v) is 6.38. The van der Waals surface area contributed by atoms with Crippen molar-refractivity contribution in [3.8, 4) is 11.5 Å². The zero-order valence-corrected chi connectivity index (χ0v) is 16.6. The van der Waals surface area contributed by atoms with Gasteiger partial charge in [0.05, 0.1) is 25.3 Å². The number of carbonyl (C=O) groups is 1. The van der Waals surface area contributed by atoms with Crippen LogP contribution in [0.5, 0.6) is 11.5 Å². The number of benzene rings is 2. The van der Waals surface area contributed by atoms with Gasteiger partial charge in [0.2, 0.25) is 5.91 Å². The number of methoxy groups -OCH3 is 2. The number of aromatic nitrogens is 2. The first-order chi connectivity index (χ1) is 14.0. The minimum atomic E-state index is -0.720. The zero-order valence-electron chi connectivity index (χ0n) is 16.6. The highest BCUT2D eigenvalue weighted by Gasteiger charge is 2.15. The van der Waals surface area contributed by atoms with Crippen LogP contribution in [0.3, 0.4) is 0 Å². The van der Waals surface area contributed by atoms with Crippen molar-refractivity contribution >= 4 is 16.9 Å². The van der Waals surface area contributed by atoms with Crippen molar-refractivity contribution in [3.63, 3.8) is 0 Å². The van der Waals surface area contributed by atoms with Gasteiger partial charge in [-0.15, -0.1) is 0 Å². The summed E-state index contributed by atoms with van der Waals surface area (Å²) in [6.45, 7) is 2.13. The number of nitrogens with one attached hydrogen (secondary N) is 1. The summed E-state index contributed by atoms with van der Waals surface area (Å²) in [7, 11) is 3.10. The predicted octanol–water partition coefficient (Wildman–Crippen LogP) is 1.52. The highest BCUT2D eigenvalue weighted by molar-refractivity contribution is 5.80. The van der Waals surface area contributed by atoms with Gasteiger partial charge in [0, 0.05) is 24.7 Å². The van der Waals surface area contributed by atoms with Crippen molar-refractivity contribution in [2.45, 2.75) is 26.6 Å². The Kier molecular flexibility index (Phi) is 6.01. The lowest BCUT2D eigenvalue weighted by molar-refractivity contribution is -0.121. The molecule has 3 aromatic rings. The molecule has 1 N–H and O–H groups in total. The average Bonchev–Trinajstić information content (AvgIpc) is 2.75. The molecule has 1 aromatic heterocycles. The monoisotopic (exact) mass is 397 g/mol. The van der Waals surface area contributed by atoms with E-state index in [2.05, 4.69) is 5.32 Å². The van der Waals surface area contributed by atoms with Crippen LogP contribution in [-0.4, -0.2) is 29.3 Å². The maximum Gasteiger partial charge on any atom is 0.317 e. The van der Waals surface area contributed by atoms with Gasteiger partial charge in [-0.05, 0) is 31.2 Å². The molecule has 0 aliphatic rings. The third kappa shape index (κ3) is 4.01. The second kappa shape index (κ2) is 8.64. The first kappa shape index (κ1) is 20.2. The molecular weight excluding hydrogens is 374 g/mol. The lowest BCUT2D eigenvalue weighted by Crippen LogP contribution is -2.43. The van der Waals surface area contributed by atoms with Crippen LogP contribution in [0.4, 0.5) is 0 Å². The minimum absolute atomic E-state index is 0.213. The molecule has 2 aromatic carbocycles. The van der Waals surface area contributed by atoms with E-state index < -0.39 is 11.1 Å². The van der Waals surface area contributed by atoms with E-state index in [1.54, 1.807) is 56.5 Å². The van der Waals surface area contributed by atoms with Crippen LogP contribution < -0.4 is 25.9 Å². The number of carbonyl (C=O) groups excluding carboxylic acids is 1. The molecule has 1 heterocycles. The van der Waals surface area contributed by atoms with Crippen LogP contribution in [0.2, 0.25) is 0 Å². The first-order valence-electron chi connectivity index (χ1n) is 9.20. The summed E-state index contributed by atoms with van der Waals surface area (Å²) < 4.78 is 13.1. The standard InChI is InChI=1S/C21H23N3O5/c1-4-23-16-7-5-6-8-17(16)24(21(27)20(23)26)13-19(25)22-12-14-9-10-15(28-2)11-18(14)29-3/h5-11H,4,12-13H2,1-3H3,(H,22,25). The van der Waals surface area contributed by atoms with Gasteiger partial charge in [0.15, 0.2) is 0 Å². The average molecular weight is 397 g/mol. The van der Waals surface area contributed by atoms with Gasteiger partial charge in [0.1, 0.15) is 18.0 Å². The van der Waals surface area contributed by atoms with Crippen LogP contribution in [0.25, 0.3) is 11.0 Å². The maximum atomic E-state index is 12.6. The number of amides is 1. The maximum absolute atomic E-state index is 12.6. The number of para-hydroxylation sites is 2. The molecule has 3 rings (SSSR count). The van der Waals surface area contributed by atoms with E-state index in [1.165, 1.54) is 16.2 Å². The fraction of sp³-hybridized carbons (Fsp3) is 0.286. The van der Waals surface area contributed by atoms with Crippen LogP contribution in [0.1, 0.15) is 12.5 Å². The van der Waals surface area contributed by atoms with Gasteiger partial charge in [-0.25, -0.2) is 0 Å². The number of aryl methyl sites for hydroxylation is 1. The molecule has 0 spiro atoms. The summed E-state index contributed by atoms with van der Waals surface area (Å²) in [6, 6.07) is 12.3. The van der Waals surface area contributed by atoms with Crippen molar-refractivity contribution in [3.05, 3.63) is 68.7 Å². The number of fused-ring (bicyclic) bond motifs is 1. The molecule has 8 heteroatoms. The molecule has 0 saturated carbocycles. The lowest BCUT2D eigenvalue weighted by atomic mass is 10.2. The van der Waals surface area contributed by atoms with Crippen LogP contribution in [0, 0.1) is 0 Å². The van der Waals surface area contributed by atoms with Crippen LogP contribution >= 0.6 is 0 Å². The summed E-state index contributed by atoms with van der Waals surface area (Å²) in [6.07, 6.45) is 0. The normalized spacial score (nSPS) is 10.7. The van der Waals surface area contributed by atoms with E-state index in [-0.39, 0.29) is 19.0 Å². The summed E-state index contributed by atoms with van der Waals surface area (Å²) in [5.74, 6) is 0.841. The predicted molar refractivity (Wildman–Crippen MR) is 110 cm³/mol. The molecular formula is C21H23N3O5. The summed E-state index contributed by atoms with van der Waals surface area (Å²) in [5, 5.41) is 2.77. The molecule has 0 atom stereocenters. The molecule has 8 nitrogen and oxygen atoms in total. The molecule has 0 unspecified atom stereocenters. The van der Waals surface area contributed by atoms with Crippen molar-refractivity contribution in [2.75, 3.05) is 14.2 Å². The van der Waals surface area contributed by atoms with Gasteiger partial charge in [0.25, 0.3) is 0 Å². The number of hydrogen-bond donors (Lipinski definition) is 1. The Hall–Kier alpha value is -3.55. The van der Waals surface area contributed by atoms with Gasteiger partial charge >= 0.3 is 11.1 Å². The van der Waals surface area contributed by atoms with Gasteiger partial charge in [-0.1, -0.05) is 12.1 Å². The number of nitrogens with zero attached hydrogens (tertiary/aromatic N) is 2. The highest BCUT2D eigenvalue weighted by atomic mass is 16.5. The summed E-state index contributed by atoms with van der Waals surface area (Å²) >= 11 is 0. The number of ether oxygens (including phenoxy) is 2. The van der Waals surface area contributed by atoms with E-state index in [9.17, 15) is 14.4 Å². The lowest BCUT2D eigenvalue weighted by Gasteiger charge is -2.14. The second-order valence-electron chi connectivity index (χ2n) is 6.38. The SMILES string of the molecule is CCn1c(=O)c(=O)n(CC(=O)NCc2ccc(OC)cc2OC)c2ccccc21. The smallest absolute Gasteiger partial charge is 0.317 e. The molecule has 29 heavy (non-hydrogen) atoms. The van der Waals surface area contributed by atoms with Gasteiger partial charge in [-0.3, -0.25) is 19.0 Å². The molecule has 0 fully saturated rings. The quantitative estimate of drug-likeness (QED) is 0.611. The molecule has 0 radical (unpaired) electrons. The van der Waals surface area contributed by atoms with E-state index in [4.69, 9.17) is 9.47 Å². The molecule has 0 aliphatic carbocycles. The Morgan fingerprint density at radius 1 is 0.966 bits per heavy atom. The Morgan fingerprint density at radius 3 is 2.24 bits per heavy atom. The zero-order chi connectivity index (χ0) is 21.0. The van der Waals surface area contributed by atoms with Crippen LogP contribution in [0.15, 0.2) is 52.1 Å². The Labute approximate surface area is 167 Å². The highest BCUT2D eigenvalue weighted by Crippen LogP contribution is 2.24. The van der Waals surface area contributed by atoms with E-state index in [0.29, 0.717) is 29.1 Å². The fourth-order valence-electron chi connectivity index (χ4n) is 3.23. The molecule has 1 amide bonds. The molecule has 152 valence electrons. The first-order valence-corrected chi connectivity index (χ1v) is 9.20. The van der Waals surface area contributed by atoms with Gasteiger partial charge < -0.3 is 19.4 Å². The van der Waals surface area contributed by atoms with Crippen molar-refractivity contribution in [2.24, 2.45) is 0 Å². The van der Waals surface area contributed by atoms with E-state index in [0.717, 1.165) is 5.56 Å². The molecule has 0 aliphatic heterocycles. The molecule has 0 bridgehead atoms. The summed E-state index contributed by atoms with van der Waals surface area (Å²) in [5.41, 5.74) is 0.555. The Bertz CT molecular complexity index is 1160. The van der Waals surface area contributed by atoms with Crippen LogP contribution in [-0.2, 0) is 24.4 Å². The topological polar surface area (TPSA) is 91.6 Å². The third-order valence-electron chi connectivity index (χ3n) is 4.72. The fourth-order valence-corrected chi connectivity index (χ4v) is 3.23. The largest absolute Gasteiger partial charge is 0.497 e. The van der Waals surface area contributed by atoms with E-state index >= 15 is 0 Å². The van der Waals surface area contributed by atoms with Crippen molar-refractivity contribution < 1.29 is 14.3 Å². The Morgan fingerprint density at radius 2 is 1.62 bits per heavy atom. The number of hydrogen-bond acceptors (Lipinski definition) is 5. The van der Waals surface area contributed by atoms with Crippen molar-refractivity contribution in [1.82, 2.24) is 14.5 Å². The minimum Gasteiger partial charge on any atom is -0.497 e. The summed E-state index contributed by atoms with van der Waals surface area (Å²) in [4.78, 5) is 37.5. The van der Waals surface area contributed by atoms with Gasteiger partial charge in [-0.2, -0.15) is 0 Å². The molecule has 0 saturated heterocycles. The van der Waals surface area contributed by atoms with Crippen molar-refractivity contribution in [1.29, 1.82) is 0 Å². The number of rotatable bonds is 7. The van der Waals surface area contributed by atoms with E-state index in [1.807, 2.05) is 0 Å². The third-order valence-corrected chi connectivity index (χ3v) is 4.72. The Balaban J connectivity index is 1.85.